The third-order valence-electron chi connectivity index (χ3n) is 2.39. The number of sulfone groups is 1. The molecule has 0 heterocycles. The van der Waals surface area contributed by atoms with Crippen LogP contribution < -0.4 is 5.73 Å². The van der Waals surface area contributed by atoms with Crippen molar-refractivity contribution in [3.05, 3.63) is 34.9 Å². The second kappa shape index (κ2) is 6.77. The maximum absolute atomic E-state index is 11.6. The highest BCUT2D eigenvalue weighted by Crippen LogP contribution is 2.10. The highest BCUT2D eigenvalue weighted by molar-refractivity contribution is 7.92. The Morgan fingerprint density at radius 1 is 1.37 bits per heavy atom. The van der Waals surface area contributed by atoms with Crippen LogP contribution in [0.4, 0.5) is 0 Å². The van der Waals surface area contributed by atoms with Crippen molar-refractivity contribution in [1.29, 1.82) is 0 Å². The second-order valence-corrected chi connectivity index (χ2v) is 7.33. The van der Waals surface area contributed by atoms with Gasteiger partial charge in [0, 0.05) is 5.02 Å². The molecule has 0 unspecified atom stereocenters. The molecule has 0 radical (unpaired) electrons. The Balaban J connectivity index is 2.51. The lowest BCUT2D eigenvalue weighted by Gasteiger charge is -2.07. The highest BCUT2D eigenvalue weighted by Gasteiger charge is 2.18. The molecule has 0 aliphatic carbocycles. The Bertz CT molecular complexity index is 539. The van der Waals surface area contributed by atoms with Crippen molar-refractivity contribution >= 4 is 27.3 Å². The number of nitrogens with zero attached hydrogens (tertiary/aromatic N) is 1. The molecule has 0 aliphatic rings. The number of hydrogen-bond donors (Lipinski definition) is 1. The summed E-state index contributed by atoms with van der Waals surface area (Å²) in [7, 11) is -3.25. The van der Waals surface area contributed by atoms with Gasteiger partial charge in [-0.15, -0.1) is 0 Å². The zero-order valence-corrected chi connectivity index (χ0v) is 12.4. The van der Waals surface area contributed by atoms with Crippen LogP contribution in [0.2, 0.25) is 5.02 Å². The molecule has 0 aliphatic heterocycles. The summed E-state index contributed by atoms with van der Waals surface area (Å²) in [6, 6.07) is 7.05. The third-order valence-corrected chi connectivity index (χ3v) is 4.78. The van der Waals surface area contributed by atoms with Crippen LogP contribution in [0.5, 0.6) is 0 Å². The van der Waals surface area contributed by atoms with E-state index in [0.717, 1.165) is 5.56 Å². The van der Waals surface area contributed by atoms with Gasteiger partial charge in [0.05, 0.1) is 5.25 Å². The van der Waals surface area contributed by atoms with E-state index in [-0.39, 0.29) is 18.2 Å². The Morgan fingerprint density at radius 2 is 1.95 bits per heavy atom. The molecule has 1 aromatic carbocycles. The van der Waals surface area contributed by atoms with E-state index in [1.54, 1.807) is 38.1 Å². The minimum Gasteiger partial charge on any atom is -0.389 e. The van der Waals surface area contributed by atoms with E-state index in [1.165, 1.54) is 0 Å². The summed E-state index contributed by atoms with van der Waals surface area (Å²) >= 11 is 5.74. The molecule has 0 aromatic heterocycles. The number of nitrogens with two attached hydrogens (primary N) is 1. The van der Waals surface area contributed by atoms with E-state index in [4.69, 9.17) is 22.2 Å². The van der Waals surface area contributed by atoms with Gasteiger partial charge in [-0.1, -0.05) is 28.9 Å². The van der Waals surface area contributed by atoms with Crippen LogP contribution in [0.15, 0.2) is 29.4 Å². The van der Waals surface area contributed by atoms with E-state index in [0.29, 0.717) is 5.02 Å². The summed E-state index contributed by atoms with van der Waals surface area (Å²) in [5.74, 6) is -0.353. The van der Waals surface area contributed by atoms with Crippen molar-refractivity contribution in [3.63, 3.8) is 0 Å². The molecule has 0 fully saturated rings. The monoisotopic (exact) mass is 304 g/mol. The van der Waals surface area contributed by atoms with Gasteiger partial charge in [-0.3, -0.25) is 0 Å². The van der Waals surface area contributed by atoms with Crippen LogP contribution in [0.3, 0.4) is 0 Å². The predicted molar refractivity (Wildman–Crippen MR) is 76.8 cm³/mol. The molecule has 19 heavy (non-hydrogen) atoms. The lowest BCUT2D eigenvalue weighted by Crippen LogP contribution is -2.28. The number of hydrogen-bond acceptors (Lipinski definition) is 4. The van der Waals surface area contributed by atoms with Crippen molar-refractivity contribution in [2.75, 3.05) is 5.75 Å². The standard InChI is InChI=1S/C12H17ClN2O3S/c1-9(2)19(16,17)8-12(14)15-18-7-10-3-5-11(13)6-4-10/h3-6,9H,7-8H2,1-2H3,(H2,14,15). The van der Waals surface area contributed by atoms with E-state index >= 15 is 0 Å². The normalized spacial score (nSPS) is 12.7. The van der Waals surface area contributed by atoms with Crippen molar-refractivity contribution in [3.8, 4) is 0 Å². The molecule has 2 N–H and O–H groups in total. The predicted octanol–water partition coefficient (Wildman–Crippen LogP) is 1.95. The topological polar surface area (TPSA) is 81.8 Å². The lowest BCUT2D eigenvalue weighted by atomic mass is 10.2. The Labute approximate surface area is 118 Å². The van der Waals surface area contributed by atoms with E-state index < -0.39 is 15.1 Å². The summed E-state index contributed by atoms with van der Waals surface area (Å²) in [6.07, 6.45) is 0. The van der Waals surface area contributed by atoms with Crippen LogP contribution in [-0.2, 0) is 21.3 Å². The maximum Gasteiger partial charge on any atom is 0.159 e. The lowest BCUT2D eigenvalue weighted by molar-refractivity contribution is 0.130. The minimum absolute atomic E-state index is 0.0531. The fraction of sp³-hybridized carbons (Fsp3) is 0.417. The zero-order valence-electron chi connectivity index (χ0n) is 10.8. The summed E-state index contributed by atoms with van der Waals surface area (Å²) in [5.41, 5.74) is 6.38. The third kappa shape index (κ3) is 5.48. The first kappa shape index (κ1) is 15.8. The Kier molecular flexibility index (Phi) is 5.62. The van der Waals surface area contributed by atoms with Crippen LogP contribution >= 0.6 is 11.6 Å². The number of amidine groups is 1. The summed E-state index contributed by atoms with van der Waals surface area (Å²) < 4.78 is 23.2. The van der Waals surface area contributed by atoms with Gasteiger partial charge in [0.1, 0.15) is 12.4 Å². The Morgan fingerprint density at radius 3 is 2.47 bits per heavy atom. The van der Waals surface area contributed by atoms with Crippen LogP contribution in [0.1, 0.15) is 19.4 Å². The van der Waals surface area contributed by atoms with E-state index in [1.807, 2.05) is 0 Å². The molecule has 1 rings (SSSR count). The molecule has 1 aromatic rings. The number of rotatable bonds is 6. The van der Waals surface area contributed by atoms with Crippen LogP contribution in [-0.4, -0.2) is 25.3 Å². The van der Waals surface area contributed by atoms with Gasteiger partial charge in [-0.05, 0) is 31.5 Å². The number of benzene rings is 1. The first-order valence-electron chi connectivity index (χ1n) is 5.71. The first-order chi connectivity index (χ1) is 8.81. The molecule has 0 saturated heterocycles. The second-order valence-electron chi connectivity index (χ2n) is 4.34. The fourth-order valence-electron chi connectivity index (χ4n) is 1.17. The highest BCUT2D eigenvalue weighted by atomic mass is 35.5. The smallest absolute Gasteiger partial charge is 0.159 e. The molecule has 0 amide bonds. The van der Waals surface area contributed by atoms with Gasteiger partial charge < -0.3 is 10.6 Å². The minimum atomic E-state index is -3.25. The van der Waals surface area contributed by atoms with Crippen molar-refractivity contribution in [1.82, 2.24) is 0 Å². The van der Waals surface area contributed by atoms with Gasteiger partial charge in [0.2, 0.25) is 0 Å². The maximum atomic E-state index is 11.6. The fourth-order valence-corrected chi connectivity index (χ4v) is 2.09. The van der Waals surface area contributed by atoms with Gasteiger partial charge in [-0.25, -0.2) is 8.42 Å². The molecule has 0 bridgehead atoms. The van der Waals surface area contributed by atoms with Gasteiger partial charge in [0.25, 0.3) is 0 Å². The number of halogens is 1. The summed E-state index contributed by atoms with van der Waals surface area (Å²) in [4.78, 5) is 5.00. The molecule has 0 saturated carbocycles. The molecule has 106 valence electrons. The molecule has 0 spiro atoms. The van der Waals surface area contributed by atoms with Crippen molar-refractivity contribution in [2.45, 2.75) is 25.7 Å². The average molecular weight is 305 g/mol. The molecular weight excluding hydrogens is 288 g/mol. The van der Waals surface area contributed by atoms with Gasteiger partial charge in [0.15, 0.2) is 15.7 Å². The zero-order chi connectivity index (χ0) is 14.5. The van der Waals surface area contributed by atoms with Crippen LogP contribution in [0.25, 0.3) is 0 Å². The van der Waals surface area contributed by atoms with E-state index in [2.05, 4.69) is 5.16 Å². The summed E-state index contributed by atoms with van der Waals surface area (Å²) in [6.45, 7) is 3.40. The number of oxime groups is 1. The largest absolute Gasteiger partial charge is 0.389 e. The van der Waals surface area contributed by atoms with Crippen LogP contribution in [0, 0.1) is 0 Å². The van der Waals surface area contributed by atoms with Crippen molar-refractivity contribution < 1.29 is 13.3 Å². The molecule has 5 nitrogen and oxygen atoms in total. The summed E-state index contributed by atoms with van der Waals surface area (Å²) in [5, 5.41) is 3.74. The first-order valence-corrected chi connectivity index (χ1v) is 7.81. The molecular formula is C12H17ClN2O3S. The SMILES string of the molecule is CC(C)S(=O)(=O)C/C(N)=N/OCc1ccc(Cl)cc1. The Hall–Kier alpha value is -1.27. The molecule has 0 atom stereocenters. The van der Waals surface area contributed by atoms with Crippen molar-refractivity contribution in [2.24, 2.45) is 10.9 Å². The van der Waals surface area contributed by atoms with Gasteiger partial charge >= 0.3 is 0 Å². The van der Waals surface area contributed by atoms with E-state index in [9.17, 15) is 8.42 Å². The quantitative estimate of drug-likeness (QED) is 0.495. The molecule has 7 heteroatoms. The average Bonchev–Trinajstić information content (AvgIpc) is 2.31. The van der Waals surface area contributed by atoms with Gasteiger partial charge in [-0.2, -0.15) is 0 Å².